The van der Waals surface area contributed by atoms with E-state index in [-0.39, 0.29) is 11.9 Å². The van der Waals surface area contributed by atoms with Crippen molar-refractivity contribution in [2.45, 2.75) is 13.0 Å². The predicted molar refractivity (Wildman–Crippen MR) is 113 cm³/mol. The Bertz CT molecular complexity index is 957. The number of carbonyl (C=O) groups excluding carboxylic acids is 2. The summed E-state index contributed by atoms with van der Waals surface area (Å²) in [6, 6.07) is 21.1. The molecule has 0 bridgehead atoms. The summed E-state index contributed by atoms with van der Waals surface area (Å²) < 4.78 is 0. The summed E-state index contributed by atoms with van der Waals surface area (Å²) in [6.45, 7) is 1.95. The molecule has 2 heterocycles. The lowest BCUT2D eigenvalue weighted by Gasteiger charge is -2.36. The summed E-state index contributed by atoms with van der Waals surface area (Å²) in [4.78, 5) is 29.9. The first kappa shape index (κ1) is 18.3. The van der Waals surface area contributed by atoms with Crippen LogP contribution in [0.25, 0.3) is 0 Å². The molecule has 28 heavy (non-hydrogen) atoms. The zero-order chi connectivity index (χ0) is 19.3. The smallest absolute Gasteiger partial charge is 0.320 e. The van der Waals surface area contributed by atoms with E-state index in [0.717, 1.165) is 24.2 Å². The molecule has 5 nitrogen and oxygen atoms in total. The van der Waals surface area contributed by atoms with Crippen molar-refractivity contribution in [3.8, 4) is 0 Å². The Kier molecular flexibility index (Phi) is 5.39. The lowest BCUT2D eigenvalue weighted by molar-refractivity contribution is 0.103. The highest BCUT2D eigenvalue weighted by Gasteiger charge is 2.28. The zero-order valence-electron chi connectivity index (χ0n) is 15.4. The maximum Gasteiger partial charge on any atom is 0.324 e. The number of nitrogens with one attached hydrogen (secondary N) is 1. The molecule has 6 heteroatoms. The molecule has 0 spiro atoms. The third-order valence-electron chi connectivity index (χ3n) is 4.72. The van der Waals surface area contributed by atoms with Crippen LogP contribution < -0.4 is 10.2 Å². The van der Waals surface area contributed by atoms with E-state index in [4.69, 9.17) is 0 Å². The molecule has 1 aromatic heterocycles. The Hall–Kier alpha value is -3.12. The number of rotatable bonds is 5. The minimum atomic E-state index is -0.159. The average molecular weight is 391 g/mol. The van der Waals surface area contributed by atoms with Crippen molar-refractivity contribution in [1.29, 1.82) is 0 Å². The highest BCUT2D eigenvalue weighted by Crippen LogP contribution is 2.29. The second-order valence-electron chi connectivity index (χ2n) is 6.64. The van der Waals surface area contributed by atoms with Gasteiger partial charge in [0.1, 0.15) is 0 Å². The molecule has 142 valence electrons. The van der Waals surface area contributed by atoms with E-state index >= 15 is 0 Å². The fourth-order valence-electron chi connectivity index (χ4n) is 3.36. The summed E-state index contributed by atoms with van der Waals surface area (Å²) >= 11 is 1.39. The summed E-state index contributed by atoms with van der Waals surface area (Å²) in [7, 11) is 0. The Morgan fingerprint density at radius 3 is 2.54 bits per heavy atom. The average Bonchev–Trinajstić information content (AvgIpc) is 3.26. The van der Waals surface area contributed by atoms with E-state index in [9.17, 15) is 9.59 Å². The molecule has 1 aliphatic heterocycles. The van der Waals surface area contributed by atoms with Gasteiger partial charge >= 0.3 is 6.03 Å². The van der Waals surface area contributed by atoms with Gasteiger partial charge in [0.25, 0.3) is 5.91 Å². The van der Waals surface area contributed by atoms with Crippen LogP contribution in [0.2, 0.25) is 0 Å². The molecule has 0 aliphatic carbocycles. The van der Waals surface area contributed by atoms with Gasteiger partial charge in [-0.05, 0) is 35.6 Å². The first-order valence-electron chi connectivity index (χ1n) is 9.26. The van der Waals surface area contributed by atoms with Gasteiger partial charge in [-0.3, -0.25) is 9.69 Å². The third kappa shape index (κ3) is 3.92. The van der Waals surface area contributed by atoms with Gasteiger partial charge in [0.15, 0.2) is 0 Å². The van der Waals surface area contributed by atoms with E-state index in [2.05, 4.69) is 5.32 Å². The molecule has 3 aromatic rings. The van der Waals surface area contributed by atoms with E-state index in [1.165, 1.54) is 11.3 Å². The second-order valence-corrected chi connectivity index (χ2v) is 7.59. The van der Waals surface area contributed by atoms with Crippen LogP contribution in [0.15, 0.2) is 72.1 Å². The number of urea groups is 1. The molecule has 1 saturated heterocycles. The number of thiophene rings is 1. The van der Waals surface area contributed by atoms with Crippen LogP contribution in [0.5, 0.6) is 0 Å². The quantitative estimate of drug-likeness (QED) is 0.677. The summed E-state index contributed by atoms with van der Waals surface area (Å²) in [5.41, 5.74) is 2.49. The number of para-hydroxylation sites is 2. The Morgan fingerprint density at radius 2 is 1.75 bits per heavy atom. The standard InChI is InChI=1S/C22H21N3O2S/c26-21(20-12-6-15-28-20)23-18-10-4-5-11-19(18)25-14-7-13-24(22(25)27)16-17-8-2-1-3-9-17/h1-6,8-12,15H,7,13-14,16H2,(H,23,26). The number of carbonyl (C=O) groups is 2. The largest absolute Gasteiger partial charge is 0.324 e. The molecule has 1 N–H and O–H groups in total. The predicted octanol–water partition coefficient (Wildman–Crippen LogP) is 4.83. The maximum atomic E-state index is 13.1. The van der Waals surface area contributed by atoms with Crippen molar-refractivity contribution in [1.82, 2.24) is 4.90 Å². The molecule has 1 fully saturated rings. The Balaban J connectivity index is 1.55. The fourth-order valence-corrected chi connectivity index (χ4v) is 3.98. The number of hydrogen-bond acceptors (Lipinski definition) is 3. The van der Waals surface area contributed by atoms with Gasteiger partial charge in [-0.15, -0.1) is 11.3 Å². The lowest BCUT2D eigenvalue weighted by Crippen LogP contribution is -2.49. The number of nitrogens with zero attached hydrogens (tertiary/aromatic N) is 2. The third-order valence-corrected chi connectivity index (χ3v) is 5.58. The van der Waals surface area contributed by atoms with Crippen molar-refractivity contribution in [2.24, 2.45) is 0 Å². The van der Waals surface area contributed by atoms with Crippen LogP contribution in [-0.2, 0) is 6.54 Å². The summed E-state index contributed by atoms with van der Waals surface area (Å²) in [5.74, 6) is -0.159. The summed E-state index contributed by atoms with van der Waals surface area (Å²) in [6.07, 6.45) is 0.881. The topological polar surface area (TPSA) is 52.7 Å². The van der Waals surface area contributed by atoms with Crippen LogP contribution in [0, 0.1) is 0 Å². The molecule has 3 amide bonds. The van der Waals surface area contributed by atoms with Crippen molar-refractivity contribution < 1.29 is 9.59 Å². The highest BCUT2D eigenvalue weighted by atomic mass is 32.1. The minimum absolute atomic E-state index is 0.0343. The van der Waals surface area contributed by atoms with Gasteiger partial charge < -0.3 is 10.2 Å². The highest BCUT2D eigenvalue weighted by molar-refractivity contribution is 7.12. The van der Waals surface area contributed by atoms with Crippen molar-refractivity contribution in [2.75, 3.05) is 23.3 Å². The first-order chi connectivity index (χ1) is 13.7. The zero-order valence-corrected chi connectivity index (χ0v) is 16.2. The van der Waals surface area contributed by atoms with Gasteiger partial charge in [0.2, 0.25) is 0 Å². The minimum Gasteiger partial charge on any atom is -0.320 e. The molecule has 0 unspecified atom stereocenters. The number of benzene rings is 2. The van der Waals surface area contributed by atoms with E-state index in [1.54, 1.807) is 11.0 Å². The van der Waals surface area contributed by atoms with Gasteiger partial charge in [-0.1, -0.05) is 48.5 Å². The van der Waals surface area contributed by atoms with Crippen LogP contribution in [0.3, 0.4) is 0 Å². The summed E-state index contributed by atoms with van der Waals surface area (Å²) in [5, 5.41) is 4.83. The van der Waals surface area contributed by atoms with Crippen LogP contribution in [0.1, 0.15) is 21.7 Å². The van der Waals surface area contributed by atoms with Crippen molar-refractivity contribution in [3.63, 3.8) is 0 Å². The maximum absolute atomic E-state index is 13.1. The molecular formula is C22H21N3O2S. The van der Waals surface area contributed by atoms with Crippen molar-refractivity contribution >= 4 is 34.6 Å². The Morgan fingerprint density at radius 1 is 0.964 bits per heavy atom. The normalized spacial score (nSPS) is 14.2. The molecular weight excluding hydrogens is 370 g/mol. The van der Waals surface area contributed by atoms with Gasteiger partial charge in [-0.25, -0.2) is 4.79 Å². The lowest BCUT2D eigenvalue weighted by atomic mass is 10.1. The molecule has 0 saturated carbocycles. The molecule has 4 rings (SSSR count). The van der Waals surface area contributed by atoms with Crippen molar-refractivity contribution in [3.05, 3.63) is 82.6 Å². The number of amides is 3. The SMILES string of the molecule is O=C(Nc1ccccc1N1CCCN(Cc2ccccc2)C1=O)c1cccs1. The molecule has 0 radical (unpaired) electrons. The Labute approximate surface area is 168 Å². The molecule has 0 atom stereocenters. The van der Waals surface area contributed by atoms with E-state index in [0.29, 0.717) is 23.7 Å². The second kappa shape index (κ2) is 8.27. The number of anilines is 2. The number of hydrogen-bond donors (Lipinski definition) is 1. The van der Waals surface area contributed by atoms with Crippen LogP contribution in [0.4, 0.5) is 16.2 Å². The van der Waals surface area contributed by atoms with Crippen LogP contribution >= 0.6 is 11.3 Å². The molecule has 1 aliphatic rings. The molecule has 2 aromatic carbocycles. The monoisotopic (exact) mass is 391 g/mol. The van der Waals surface area contributed by atoms with Crippen LogP contribution in [-0.4, -0.2) is 29.9 Å². The first-order valence-corrected chi connectivity index (χ1v) is 10.1. The van der Waals surface area contributed by atoms with E-state index < -0.39 is 0 Å². The fraction of sp³-hybridized carbons (Fsp3) is 0.182. The van der Waals surface area contributed by atoms with E-state index in [1.807, 2.05) is 70.9 Å². The van der Waals surface area contributed by atoms with Gasteiger partial charge in [0, 0.05) is 19.6 Å². The van der Waals surface area contributed by atoms with Gasteiger partial charge in [-0.2, -0.15) is 0 Å². The van der Waals surface area contributed by atoms with Gasteiger partial charge in [0.05, 0.1) is 16.3 Å².